The Hall–Kier alpha value is -1.74. The van der Waals surface area contributed by atoms with Gasteiger partial charge in [0.1, 0.15) is 5.56 Å². The van der Waals surface area contributed by atoms with Crippen LogP contribution in [0.5, 0.6) is 0 Å². The molecule has 0 aliphatic carbocycles. The van der Waals surface area contributed by atoms with E-state index in [0.717, 1.165) is 11.9 Å². The van der Waals surface area contributed by atoms with Gasteiger partial charge in [0.25, 0.3) is 5.91 Å². The van der Waals surface area contributed by atoms with Crippen molar-refractivity contribution >= 4 is 5.91 Å². The molecule has 1 aromatic carbocycles. The fraction of sp³-hybridized carbons (Fsp3) is 0.417. The highest BCUT2D eigenvalue weighted by Gasteiger charge is 2.31. The Kier molecular flexibility index (Phi) is 5.62. The van der Waals surface area contributed by atoms with E-state index in [1.807, 2.05) is 0 Å². The molecule has 21 heavy (non-hydrogen) atoms. The zero-order valence-electron chi connectivity index (χ0n) is 11.2. The first kappa shape index (κ1) is 17.3. The predicted molar refractivity (Wildman–Crippen MR) is 63.0 cm³/mol. The third-order valence-electron chi connectivity index (χ3n) is 2.66. The minimum absolute atomic E-state index is 0.0503. The molecule has 2 N–H and O–H groups in total. The lowest BCUT2D eigenvalue weighted by molar-refractivity contribution is 0.0751. The largest absolute Gasteiger partial charge is 0.383 e. The molecule has 0 fully saturated rings. The van der Waals surface area contributed by atoms with Crippen molar-refractivity contribution in [1.82, 2.24) is 4.90 Å². The van der Waals surface area contributed by atoms with Crippen LogP contribution in [0.4, 0.5) is 22.0 Å². The fourth-order valence-electron chi connectivity index (χ4n) is 1.68. The maximum absolute atomic E-state index is 13.5. The van der Waals surface area contributed by atoms with Crippen LogP contribution in [0, 0.1) is 29.1 Å². The second-order valence-corrected chi connectivity index (χ2v) is 4.35. The number of nitrogens with zero attached hydrogens (tertiary/aromatic N) is 1. The van der Waals surface area contributed by atoms with Crippen LogP contribution in [0.15, 0.2) is 0 Å². The summed E-state index contributed by atoms with van der Waals surface area (Å²) in [5.41, 5.74) is 4.03. The van der Waals surface area contributed by atoms with Gasteiger partial charge in [0.15, 0.2) is 23.3 Å². The maximum atomic E-state index is 13.5. The molecule has 0 radical (unpaired) electrons. The summed E-state index contributed by atoms with van der Waals surface area (Å²) < 4.78 is 70.6. The summed E-state index contributed by atoms with van der Waals surface area (Å²) in [6, 6.07) is -0.676. The lowest BCUT2D eigenvalue weighted by Crippen LogP contribution is -2.41. The standard InChI is InChI=1S/C12H13F5N2O2/c1-19(3-5(18)4-21-2)12(20)6-7(13)9(15)11(17)10(16)8(6)14/h5H,3-4,18H2,1-2H3. The monoisotopic (exact) mass is 312 g/mol. The van der Waals surface area contributed by atoms with E-state index < -0.39 is 46.6 Å². The third-order valence-corrected chi connectivity index (χ3v) is 2.66. The van der Waals surface area contributed by atoms with E-state index in [9.17, 15) is 26.7 Å². The molecule has 0 aromatic heterocycles. The van der Waals surface area contributed by atoms with Gasteiger partial charge in [-0.1, -0.05) is 0 Å². The molecule has 1 amide bonds. The Labute approximate surface area is 117 Å². The number of likely N-dealkylation sites (N-methyl/N-ethyl adjacent to an activating group) is 1. The molecule has 4 nitrogen and oxygen atoms in total. The van der Waals surface area contributed by atoms with Gasteiger partial charge in [-0.15, -0.1) is 0 Å². The zero-order chi connectivity index (χ0) is 16.3. The van der Waals surface area contributed by atoms with Crippen LogP contribution in [-0.2, 0) is 4.74 Å². The summed E-state index contributed by atoms with van der Waals surface area (Å²) in [7, 11) is 2.47. The van der Waals surface area contributed by atoms with E-state index in [2.05, 4.69) is 0 Å². The van der Waals surface area contributed by atoms with Gasteiger partial charge in [0.2, 0.25) is 5.82 Å². The molecule has 0 aliphatic heterocycles. The van der Waals surface area contributed by atoms with Crippen LogP contribution < -0.4 is 5.73 Å². The van der Waals surface area contributed by atoms with E-state index in [1.54, 1.807) is 0 Å². The molecule has 0 heterocycles. The number of hydrogen-bond donors (Lipinski definition) is 1. The number of carbonyl (C=O) groups is 1. The Morgan fingerprint density at radius 1 is 1.10 bits per heavy atom. The molecule has 1 rings (SSSR count). The minimum atomic E-state index is -2.32. The van der Waals surface area contributed by atoms with Gasteiger partial charge in [-0.25, -0.2) is 22.0 Å². The lowest BCUT2D eigenvalue weighted by atomic mass is 10.1. The van der Waals surface area contributed by atoms with Crippen LogP contribution in [-0.4, -0.2) is 44.2 Å². The van der Waals surface area contributed by atoms with E-state index in [4.69, 9.17) is 10.5 Å². The number of benzene rings is 1. The average Bonchev–Trinajstić information content (AvgIpc) is 2.43. The minimum Gasteiger partial charge on any atom is -0.383 e. The molecule has 0 aliphatic rings. The average molecular weight is 312 g/mol. The molecule has 1 unspecified atom stereocenters. The smallest absolute Gasteiger partial charge is 0.259 e. The second kappa shape index (κ2) is 6.81. The van der Waals surface area contributed by atoms with E-state index in [1.165, 1.54) is 7.11 Å². The SMILES string of the molecule is COCC(N)CN(C)C(=O)c1c(F)c(F)c(F)c(F)c1F. The van der Waals surface area contributed by atoms with E-state index in [0.29, 0.717) is 0 Å². The highest BCUT2D eigenvalue weighted by molar-refractivity contribution is 5.94. The van der Waals surface area contributed by atoms with Gasteiger partial charge in [-0.2, -0.15) is 0 Å². The summed E-state index contributed by atoms with van der Waals surface area (Å²) in [5.74, 6) is -12.4. The van der Waals surface area contributed by atoms with Crippen molar-refractivity contribution in [2.45, 2.75) is 6.04 Å². The number of halogens is 5. The maximum Gasteiger partial charge on any atom is 0.259 e. The van der Waals surface area contributed by atoms with Crippen LogP contribution in [0.3, 0.4) is 0 Å². The van der Waals surface area contributed by atoms with Gasteiger partial charge in [0, 0.05) is 26.7 Å². The Bertz CT molecular complexity index is 524. The van der Waals surface area contributed by atoms with Crippen molar-refractivity contribution in [3.05, 3.63) is 34.6 Å². The van der Waals surface area contributed by atoms with Crippen molar-refractivity contribution in [2.24, 2.45) is 5.73 Å². The van der Waals surface area contributed by atoms with Crippen molar-refractivity contribution < 1.29 is 31.5 Å². The summed E-state index contributed by atoms with van der Waals surface area (Å²) >= 11 is 0. The van der Waals surface area contributed by atoms with Gasteiger partial charge in [-0.3, -0.25) is 4.79 Å². The Morgan fingerprint density at radius 2 is 1.52 bits per heavy atom. The lowest BCUT2D eigenvalue weighted by Gasteiger charge is -2.21. The quantitative estimate of drug-likeness (QED) is 0.508. The highest BCUT2D eigenvalue weighted by Crippen LogP contribution is 2.23. The van der Waals surface area contributed by atoms with Gasteiger partial charge < -0.3 is 15.4 Å². The molecule has 1 aromatic rings. The number of rotatable bonds is 5. The summed E-state index contributed by atoms with van der Waals surface area (Å²) in [6.45, 7) is -0.138. The molecule has 9 heteroatoms. The first-order chi connectivity index (χ1) is 9.72. The van der Waals surface area contributed by atoms with Gasteiger partial charge in [-0.05, 0) is 0 Å². The molecule has 0 bridgehead atoms. The van der Waals surface area contributed by atoms with E-state index >= 15 is 0 Å². The highest BCUT2D eigenvalue weighted by atomic mass is 19.2. The molecule has 118 valence electrons. The number of ether oxygens (including phenoxy) is 1. The summed E-state index contributed by atoms with van der Waals surface area (Å²) in [4.78, 5) is 12.6. The summed E-state index contributed by atoms with van der Waals surface area (Å²) in [5, 5.41) is 0. The topological polar surface area (TPSA) is 55.6 Å². The van der Waals surface area contributed by atoms with Gasteiger partial charge >= 0.3 is 0 Å². The van der Waals surface area contributed by atoms with Crippen molar-refractivity contribution in [2.75, 3.05) is 27.3 Å². The first-order valence-corrected chi connectivity index (χ1v) is 5.73. The van der Waals surface area contributed by atoms with Gasteiger partial charge in [0.05, 0.1) is 6.61 Å². The third kappa shape index (κ3) is 3.48. The normalized spacial score (nSPS) is 12.4. The van der Waals surface area contributed by atoms with E-state index in [-0.39, 0.29) is 13.2 Å². The van der Waals surface area contributed by atoms with Crippen LogP contribution in [0.1, 0.15) is 10.4 Å². The molecular weight excluding hydrogens is 299 g/mol. The van der Waals surface area contributed by atoms with Crippen LogP contribution >= 0.6 is 0 Å². The van der Waals surface area contributed by atoms with Crippen molar-refractivity contribution in [3.8, 4) is 0 Å². The zero-order valence-corrected chi connectivity index (χ0v) is 11.2. The van der Waals surface area contributed by atoms with Crippen molar-refractivity contribution in [1.29, 1.82) is 0 Å². The fourth-order valence-corrected chi connectivity index (χ4v) is 1.68. The molecular formula is C12H13F5N2O2. The molecule has 0 saturated heterocycles. The molecule has 0 saturated carbocycles. The van der Waals surface area contributed by atoms with Crippen molar-refractivity contribution in [3.63, 3.8) is 0 Å². The molecule has 0 spiro atoms. The number of amides is 1. The number of nitrogens with two attached hydrogens (primary N) is 1. The first-order valence-electron chi connectivity index (χ1n) is 5.73. The summed E-state index contributed by atoms with van der Waals surface area (Å²) in [6.07, 6.45) is 0. The number of hydrogen-bond acceptors (Lipinski definition) is 3. The Balaban J connectivity index is 3.13. The van der Waals surface area contributed by atoms with Crippen LogP contribution in [0.25, 0.3) is 0 Å². The van der Waals surface area contributed by atoms with Crippen LogP contribution in [0.2, 0.25) is 0 Å². The predicted octanol–water partition coefficient (Wildman–Crippen LogP) is 1.43. The Morgan fingerprint density at radius 3 is 1.95 bits per heavy atom. The molecule has 1 atom stereocenters. The second-order valence-electron chi connectivity index (χ2n) is 4.35. The number of methoxy groups -OCH3 is 1. The number of carbonyl (C=O) groups excluding carboxylic acids is 1.